The van der Waals surface area contributed by atoms with E-state index in [-0.39, 0.29) is 19.1 Å². The number of aliphatic hydroxyl groups excluding tert-OH is 1. The van der Waals surface area contributed by atoms with Crippen LogP contribution in [-0.4, -0.2) is 55.9 Å². The number of anilines is 1. The fourth-order valence-electron chi connectivity index (χ4n) is 3.75. The molecule has 0 aliphatic rings. The summed E-state index contributed by atoms with van der Waals surface area (Å²) in [5.41, 5.74) is 4.19. The molecule has 0 saturated heterocycles. The van der Waals surface area contributed by atoms with Gasteiger partial charge in [0.25, 0.3) is 5.88 Å². The third-order valence-electron chi connectivity index (χ3n) is 5.50. The molecule has 200 valence electrons. The summed E-state index contributed by atoms with van der Waals surface area (Å²) in [6, 6.07) is 8.17. The second-order valence-electron chi connectivity index (χ2n) is 8.56. The zero-order chi connectivity index (χ0) is 27.5. The van der Waals surface area contributed by atoms with Crippen LogP contribution in [0.15, 0.2) is 42.7 Å². The molecule has 0 aliphatic carbocycles. The molecule has 1 amide bonds. The summed E-state index contributed by atoms with van der Waals surface area (Å²) in [7, 11) is 1.53. The standard InChI is InChI=1S/C26H23FN6O5S/c1-13-6-17(22-19(7-13)31-21(36-3)10-29-22)24-32-20-9-18(27)23(33-25(20)39-24)38-14(2)12-37-26(35)30-15-4-5-28-16(8-15)11-34/h4-10,14,34H,11-12H2,1-3H3,(H,28,30,35)/t14-/m0/s1. The molecule has 1 atom stereocenters. The number of thiazole rings is 1. The molecule has 5 aromatic rings. The number of pyridine rings is 2. The van der Waals surface area contributed by atoms with Crippen LogP contribution in [-0.2, 0) is 11.3 Å². The number of hydrogen-bond donors (Lipinski definition) is 2. The number of halogens is 1. The van der Waals surface area contributed by atoms with Gasteiger partial charge in [-0.25, -0.2) is 24.1 Å². The molecule has 0 saturated carbocycles. The van der Waals surface area contributed by atoms with Crippen LogP contribution in [0.25, 0.3) is 32.0 Å². The van der Waals surface area contributed by atoms with Crippen LogP contribution in [0, 0.1) is 12.7 Å². The highest BCUT2D eigenvalue weighted by Crippen LogP contribution is 2.35. The molecule has 2 N–H and O–H groups in total. The predicted octanol–water partition coefficient (Wildman–Crippen LogP) is 4.66. The minimum absolute atomic E-state index is 0.158. The average molecular weight is 551 g/mol. The summed E-state index contributed by atoms with van der Waals surface area (Å²) in [5, 5.41) is 12.3. The second-order valence-corrected chi connectivity index (χ2v) is 9.53. The molecule has 0 bridgehead atoms. The van der Waals surface area contributed by atoms with Crippen molar-refractivity contribution < 1.29 is 28.5 Å². The Morgan fingerprint density at radius 2 is 2.00 bits per heavy atom. The first kappa shape index (κ1) is 26.1. The third kappa shape index (κ3) is 5.84. The maximum absolute atomic E-state index is 14.8. The lowest BCUT2D eigenvalue weighted by molar-refractivity contribution is 0.0941. The van der Waals surface area contributed by atoms with E-state index in [1.807, 2.05) is 19.1 Å². The lowest BCUT2D eigenvalue weighted by Gasteiger charge is -2.15. The number of methoxy groups -OCH3 is 1. The number of carbonyl (C=O) groups is 1. The van der Waals surface area contributed by atoms with Crippen LogP contribution in [0.1, 0.15) is 18.2 Å². The fourth-order valence-corrected chi connectivity index (χ4v) is 4.68. The second kappa shape index (κ2) is 11.1. The van der Waals surface area contributed by atoms with Gasteiger partial charge in [0, 0.05) is 23.5 Å². The summed E-state index contributed by atoms with van der Waals surface area (Å²) in [4.78, 5) is 34.4. The molecule has 13 heteroatoms. The molecule has 11 nitrogen and oxygen atoms in total. The first-order chi connectivity index (χ1) is 18.8. The lowest BCUT2D eigenvalue weighted by Crippen LogP contribution is -2.24. The van der Waals surface area contributed by atoms with Gasteiger partial charge in [0.2, 0.25) is 5.88 Å². The zero-order valence-corrected chi connectivity index (χ0v) is 22.0. The van der Waals surface area contributed by atoms with Gasteiger partial charge in [-0.1, -0.05) is 11.3 Å². The Bertz CT molecular complexity index is 1680. The molecule has 5 rings (SSSR count). The Hall–Kier alpha value is -4.49. The summed E-state index contributed by atoms with van der Waals surface area (Å²) in [5.74, 6) is -0.519. The van der Waals surface area contributed by atoms with Crippen molar-refractivity contribution in [1.29, 1.82) is 0 Å². The number of aromatic nitrogens is 5. The topological polar surface area (TPSA) is 141 Å². The third-order valence-corrected chi connectivity index (χ3v) is 6.50. The van der Waals surface area contributed by atoms with E-state index in [4.69, 9.17) is 19.3 Å². The minimum atomic E-state index is -0.734. The molecule has 0 unspecified atom stereocenters. The maximum Gasteiger partial charge on any atom is 0.411 e. The number of aryl methyl sites for hydroxylation is 1. The highest BCUT2D eigenvalue weighted by atomic mass is 32.1. The largest absolute Gasteiger partial charge is 0.480 e. The van der Waals surface area contributed by atoms with Gasteiger partial charge in [-0.3, -0.25) is 10.3 Å². The van der Waals surface area contributed by atoms with Crippen LogP contribution >= 0.6 is 11.3 Å². The van der Waals surface area contributed by atoms with Crippen molar-refractivity contribution in [3.05, 3.63) is 59.8 Å². The first-order valence-corrected chi connectivity index (χ1v) is 12.6. The molecule has 4 aromatic heterocycles. The number of nitrogens with one attached hydrogen (secondary N) is 1. The van der Waals surface area contributed by atoms with E-state index >= 15 is 0 Å². The highest BCUT2D eigenvalue weighted by molar-refractivity contribution is 7.21. The van der Waals surface area contributed by atoms with E-state index in [0.29, 0.717) is 43.6 Å². The Morgan fingerprint density at radius 1 is 1.15 bits per heavy atom. The van der Waals surface area contributed by atoms with Crippen LogP contribution in [0.3, 0.4) is 0 Å². The van der Waals surface area contributed by atoms with Crippen LogP contribution in [0.4, 0.5) is 14.9 Å². The van der Waals surface area contributed by atoms with Gasteiger partial charge < -0.3 is 19.3 Å². The van der Waals surface area contributed by atoms with Crippen molar-refractivity contribution in [1.82, 2.24) is 24.9 Å². The molecule has 0 spiro atoms. The Labute approximate surface area is 225 Å². The highest BCUT2D eigenvalue weighted by Gasteiger charge is 2.19. The lowest BCUT2D eigenvalue weighted by atomic mass is 10.1. The number of amides is 1. The summed E-state index contributed by atoms with van der Waals surface area (Å²) in [6.45, 7) is 3.14. The van der Waals surface area contributed by atoms with Crippen LogP contribution < -0.4 is 14.8 Å². The number of ether oxygens (including phenoxy) is 3. The molecule has 39 heavy (non-hydrogen) atoms. The number of carbonyl (C=O) groups excluding carboxylic acids is 1. The molecular weight excluding hydrogens is 527 g/mol. The van der Waals surface area contributed by atoms with E-state index in [1.165, 1.54) is 43.0 Å². The maximum atomic E-state index is 14.8. The van der Waals surface area contributed by atoms with Gasteiger partial charge in [-0.15, -0.1) is 0 Å². The summed E-state index contributed by atoms with van der Waals surface area (Å²) in [6.07, 6.45) is 1.56. The smallest absolute Gasteiger partial charge is 0.411 e. The molecule has 0 fully saturated rings. The fraction of sp³-hybridized carbons (Fsp3) is 0.231. The van der Waals surface area contributed by atoms with Crippen molar-refractivity contribution in [3.63, 3.8) is 0 Å². The average Bonchev–Trinajstić information content (AvgIpc) is 3.33. The zero-order valence-electron chi connectivity index (χ0n) is 21.1. The Balaban J connectivity index is 1.31. The van der Waals surface area contributed by atoms with Gasteiger partial charge in [-0.05, 0) is 43.7 Å². The Morgan fingerprint density at radius 3 is 2.79 bits per heavy atom. The summed E-state index contributed by atoms with van der Waals surface area (Å²) >= 11 is 1.27. The molecule has 0 radical (unpaired) electrons. The first-order valence-electron chi connectivity index (χ1n) is 11.8. The molecule has 0 aliphatic heterocycles. The predicted molar refractivity (Wildman–Crippen MR) is 142 cm³/mol. The molecule has 1 aromatic carbocycles. The van der Waals surface area contributed by atoms with E-state index in [0.717, 1.165) is 11.1 Å². The van der Waals surface area contributed by atoms with E-state index in [1.54, 1.807) is 13.0 Å². The van der Waals surface area contributed by atoms with E-state index in [9.17, 15) is 9.18 Å². The van der Waals surface area contributed by atoms with Crippen molar-refractivity contribution in [2.24, 2.45) is 0 Å². The number of aliphatic hydroxyl groups is 1. The van der Waals surface area contributed by atoms with Crippen molar-refractivity contribution in [3.8, 4) is 22.3 Å². The molecule has 4 heterocycles. The van der Waals surface area contributed by atoms with E-state index in [2.05, 4.69) is 30.2 Å². The summed E-state index contributed by atoms with van der Waals surface area (Å²) < 4.78 is 30.8. The minimum Gasteiger partial charge on any atom is -0.480 e. The normalized spacial score (nSPS) is 11.9. The van der Waals surface area contributed by atoms with Gasteiger partial charge in [0.05, 0.1) is 36.6 Å². The SMILES string of the molecule is COc1cnc2c(-c3nc4cc(F)c(O[C@@H](C)COC(=O)Nc5ccnc(CO)c5)nc4s3)cc(C)cc2n1. The van der Waals surface area contributed by atoms with Crippen LogP contribution in [0.5, 0.6) is 11.8 Å². The van der Waals surface area contributed by atoms with Crippen molar-refractivity contribution in [2.75, 3.05) is 19.0 Å². The quantitative estimate of drug-likeness (QED) is 0.280. The number of fused-ring (bicyclic) bond motifs is 2. The monoisotopic (exact) mass is 550 g/mol. The number of hydrogen-bond acceptors (Lipinski definition) is 11. The van der Waals surface area contributed by atoms with Gasteiger partial charge in [0.1, 0.15) is 28.1 Å². The van der Waals surface area contributed by atoms with Gasteiger partial charge in [0.15, 0.2) is 5.82 Å². The van der Waals surface area contributed by atoms with Crippen LogP contribution in [0.2, 0.25) is 0 Å². The van der Waals surface area contributed by atoms with Gasteiger partial charge in [-0.2, -0.15) is 4.98 Å². The van der Waals surface area contributed by atoms with E-state index < -0.39 is 18.0 Å². The van der Waals surface area contributed by atoms with Crippen molar-refractivity contribution >= 4 is 44.5 Å². The number of rotatable bonds is 8. The Kier molecular flexibility index (Phi) is 7.43. The number of nitrogens with zero attached hydrogens (tertiary/aromatic N) is 5. The van der Waals surface area contributed by atoms with Gasteiger partial charge >= 0.3 is 6.09 Å². The number of benzene rings is 1. The van der Waals surface area contributed by atoms with Crippen molar-refractivity contribution in [2.45, 2.75) is 26.6 Å². The molecular formula is C26H23FN6O5S.